The predicted molar refractivity (Wildman–Crippen MR) is 83.6 cm³/mol. The number of nitrogens with zero attached hydrogens (tertiary/aromatic N) is 3. The molecule has 0 aromatic carbocycles. The summed E-state index contributed by atoms with van der Waals surface area (Å²) in [5, 5.41) is 0. The lowest BCUT2D eigenvalue weighted by Crippen LogP contribution is -2.52. The molecule has 1 fully saturated rings. The Morgan fingerprint density at radius 3 is 2.43 bits per heavy atom. The Bertz CT molecular complexity index is 455. The lowest BCUT2D eigenvalue weighted by Gasteiger charge is -2.39. The van der Waals surface area contributed by atoms with Crippen LogP contribution in [0.25, 0.3) is 0 Å². The van der Waals surface area contributed by atoms with Gasteiger partial charge in [-0.05, 0) is 25.5 Å². The van der Waals surface area contributed by atoms with Gasteiger partial charge in [-0.2, -0.15) is 0 Å². The van der Waals surface area contributed by atoms with Crippen LogP contribution in [0.5, 0.6) is 0 Å². The number of hydrogen-bond donors (Lipinski definition) is 1. The minimum absolute atomic E-state index is 0.0927. The van der Waals surface area contributed by atoms with Gasteiger partial charge in [0.15, 0.2) is 0 Å². The molecule has 5 heteroatoms. The monoisotopic (exact) mass is 290 g/mol. The molecule has 3 unspecified atom stereocenters. The van der Waals surface area contributed by atoms with Gasteiger partial charge in [-0.1, -0.05) is 13.0 Å². The molecule has 2 heterocycles. The molecule has 0 bridgehead atoms. The van der Waals surface area contributed by atoms with E-state index in [4.69, 9.17) is 5.73 Å². The largest absolute Gasteiger partial charge is 0.340 e. The standard InChI is InChI=1S/C16H26N4O/c1-12(13(2)17)16(21)20-9-7-19(8-10-20)14(3)15-5-4-6-18-11-15/h4-6,11-14H,7-10,17H2,1-3H3. The minimum Gasteiger partial charge on any atom is -0.340 e. The third-order valence-electron chi connectivity index (χ3n) is 4.52. The zero-order chi connectivity index (χ0) is 15.4. The lowest BCUT2D eigenvalue weighted by atomic mass is 10.0. The number of aromatic nitrogens is 1. The van der Waals surface area contributed by atoms with E-state index in [1.165, 1.54) is 5.56 Å². The van der Waals surface area contributed by atoms with Crippen molar-refractivity contribution in [2.75, 3.05) is 26.2 Å². The maximum Gasteiger partial charge on any atom is 0.227 e. The molecule has 2 N–H and O–H groups in total. The Morgan fingerprint density at radius 1 is 1.24 bits per heavy atom. The van der Waals surface area contributed by atoms with Crippen molar-refractivity contribution in [3.63, 3.8) is 0 Å². The molecule has 1 aliphatic heterocycles. The highest BCUT2D eigenvalue weighted by Gasteiger charge is 2.28. The van der Waals surface area contributed by atoms with Gasteiger partial charge in [0.25, 0.3) is 0 Å². The summed E-state index contributed by atoms with van der Waals surface area (Å²) >= 11 is 0. The van der Waals surface area contributed by atoms with E-state index in [1.807, 2.05) is 31.0 Å². The summed E-state index contributed by atoms with van der Waals surface area (Å²) in [5.41, 5.74) is 7.05. The fourth-order valence-corrected chi connectivity index (χ4v) is 2.68. The summed E-state index contributed by atoms with van der Waals surface area (Å²) in [6.07, 6.45) is 3.71. The predicted octanol–water partition coefficient (Wildman–Crippen LogP) is 1.27. The molecule has 1 aliphatic rings. The molecule has 3 atom stereocenters. The van der Waals surface area contributed by atoms with E-state index >= 15 is 0 Å². The number of rotatable bonds is 4. The van der Waals surface area contributed by atoms with E-state index in [-0.39, 0.29) is 17.9 Å². The Morgan fingerprint density at radius 2 is 1.90 bits per heavy atom. The van der Waals surface area contributed by atoms with E-state index in [9.17, 15) is 4.79 Å². The van der Waals surface area contributed by atoms with Crippen LogP contribution < -0.4 is 5.73 Å². The van der Waals surface area contributed by atoms with E-state index in [1.54, 1.807) is 6.20 Å². The van der Waals surface area contributed by atoms with Crippen molar-refractivity contribution in [3.8, 4) is 0 Å². The zero-order valence-corrected chi connectivity index (χ0v) is 13.2. The molecular weight excluding hydrogens is 264 g/mol. The van der Waals surface area contributed by atoms with E-state index in [0.717, 1.165) is 26.2 Å². The summed E-state index contributed by atoms with van der Waals surface area (Å²) in [6, 6.07) is 4.31. The lowest BCUT2D eigenvalue weighted by molar-refractivity contribution is -0.137. The zero-order valence-electron chi connectivity index (χ0n) is 13.2. The normalized spacial score (nSPS) is 20.9. The van der Waals surface area contributed by atoms with E-state index in [0.29, 0.717) is 6.04 Å². The van der Waals surface area contributed by atoms with Gasteiger partial charge in [0.2, 0.25) is 5.91 Å². The molecule has 1 amide bonds. The third kappa shape index (κ3) is 3.80. The van der Waals surface area contributed by atoms with Crippen LogP contribution in [0.1, 0.15) is 32.4 Å². The summed E-state index contributed by atoms with van der Waals surface area (Å²) in [7, 11) is 0. The first kappa shape index (κ1) is 15.9. The molecule has 1 aromatic heterocycles. The fourth-order valence-electron chi connectivity index (χ4n) is 2.68. The van der Waals surface area contributed by atoms with Gasteiger partial charge in [0.1, 0.15) is 0 Å². The molecule has 0 radical (unpaired) electrons. The van der Waals surface area contributed by atoms with Crippen molar-refractivity contribution in [1.29, 1.82) is 0 Å². The molecular formula is C16H26N4O. The Kier molecular flexibility index (Phi) is 5.31. The Hall–Kier alpha value is -1.46. The SMILES string of the molecule is CC(N)C(C)C(=O)N1CCN(C(C)c2cccnc2)CC1. The third-order valence-corrected chi connectivity index (χ3v) is 4.52. The van der Waals surface area contributed by atoms with Crippen LogP contribution in [0.2, 0.25) is 0 Å². The summed E-state index contributed by atoms with van der Waals surface area (Å²) in [5.74, 6) is 0.0750. The molecule has 5 nitrogen and oxygen atoms in total. The van der Waals surface area contributed by atoms with Gasteiger partial charge in [0.05, 0.1) is 5.92 Å². The van der Waals surface area contributed by atoms with E-state index < -0.39 is 0 Å². The fraction of sp³-hybridized carbons (Fsp3) is 0.625. The number of amides is 1. The average molecular weight is 290 g/mol. The number of hydrogen-bond acceptors (Lipinski definition) is 4. The van der Waals surface area contributed by atoms with Crippen molar-refractivity contribution in [2.24, 2.45) is 11.7 Å². The van der Waals surface area contributed by atoms with Gasteiger partial charge in [-0.25, -0.2) is 0 Å². The molecule has 1 aromatic rings. The second kappa shape index (κ2) is 7.00. The molecule has 2 rings (SSSR count). The summed E-state index contributed by atoms with van der Waals surface area (Å²) < 4.78 is 0. The van der Waals surface area contributed by atoms with Gasteiger partial charge in [0, 0.05) is 50.7 Å². The first-order valence-corrected chi connectivity index (χ1v) is 7.69. The van der Waals surface area contributed by atoms with E-state index in [2.05, 4.69) is 22.9 Å². The highest BCUT2D eigenvalue weighted by Crippen LogP contribution is 2.21. The second-order valence-electron chi connectivity index (χ2n) is 5.97. The van der Waals surface area contributed by atoms with Crippen LogP contribution in [0.4, 0.5) is 0 Å². The molecule has 116 valence electrons. The van der Waals surface area contributed by atoms with Gasteiger partial charge in [-0.15, -0.1) is 0 Å². The molecule has 21 heavy (non-hydrogen) atoms. The van der Waals surface area contributed by atoms with Crippen LogP contribution in [0.15, 0.2) is 24.5 Å². The van der Waals surface area contributed by atoms with Crippen LogP contribution in [-0.4, -0.2) is 52.9 Å². The summed E-state index contributed by atoms with van der Waals surface area (Å²) in [4.78, 5) is 20.8. The highest BCUT2D eigenvalue weighted by molar-refractivity contribution is 5.79. The van der Waals surface area contributed by atoms with Crippen LogP contribution in [0.3, 0.4) is 0 Å². The Labute approximate surface area is 127 Å². The van der Waals surface area contributed by atoms with Crippen molar-refractivity contribution in [1.82, 2.24) is 14.8 Å². The van der Waals surface area contributed by atoms with Crippen molar-refractivity contribution < 1.29 is 4.79 Å². The van der Waals surface area contributed by atoms with Crippen molar-refractivity contribution in [3.05, 3.63) is 30.1 Å². The molecule has 1 saturated heterocycles. The molecule has 0 saturated carbocycles. The first-order chi connectivity index (χ1) is 10.0. The molecule has 0 spiro atoms. The maximum atomic E-state index is 12.3. The van der Waals surface area contributed by atoms with Gasteiger partial charge >= 0.3 is 0 Å². The number of nitrogens with two attached hydrogens (primary N) is 1. The van der Waals surface area contributed by atoms with Gasteiger partial charge < -0.3 is 10.6 Å². The first-order valence-electron chi connectivity index (χ1n) is 7.69. The van der Waals surface area contributed by atoms with Crippen molar-refractivity contribution in [2.45, 2.75) is 32.9 Å². The minimum atomic E-state index is -0.104. The highest BCUT2D eigenvalue weighted by atomic mass is 16.2. The van der Waals surface area contributed by atoms with Crippen LogP contribution >= 0.6 is 0 Å². The number of carbonyl (C=O) groups is 1. The Balaban J connectivity index is 1.90. The summed E-state index contributed by atoms with van der Waals surface area (Å²) in [6.45, 7) is 9.35. The second-order valence-corrected chi connectivity index (χ2v) is 5.97. The smallest absolute Gasteiger partial charge is 0.227 e. The number of piperazine rings is 1. The van der Waals surface area contributed by atoms with Crippen molar-refractivity contribution >= 4 is 5.91 Å². The average Bonchev–Trinajstić information content (AvgIpc) is 2.53. The number of pyridine rings is 1. The van der Waals surface area contributed by atoms with Gasteiger partial charge in [-0.3, -0.25) is 14.7 Å². The van der Waals surface area contributed by atoms with Crippen LogP contribution in [-0.2, 0) is 4.79 Å². The quantitative estimate of drug-likeness (QED) is 0.907. The topological polar surface area (TPSA) is 62.5 Å². The van der Waals surface area contributed by atoms with Crippen LogP contribution in [0, 0.1) is 5.92 Å². The number of carbonyl (C=O) groups excluding carboxylic acids is 1. The maximum absolute atomic E-state index is 12.3. The molecule has 0 aliphatic carbocycles.